The van der Waals surface area contributed by atoms with E-state index in [-0.39, 0.29) is 10.3 Å². The molecule has 2 heterocycles. The summed E-state index contributed by atoms with van der Waals surface area (Å²) in [6, 6.07) is 0. The monoisotopic (exact) mass is 317 g/mol. The van der Waals surface area contributed by atoms with Crippen molar-refractivity contribution in [3.05, 3.63) is 26.9 Å². The highest BCUT2D eigenvalue weighted by atomic mass is 32.1. The molecule has 0 saturated carbocycles. The van der Waals surface area contributed by atoms with Gasteiger partial charge in [-0.05, 0) is 18.8 Å². The topological polar surface area (TPSA) is 120 Å². The Morgan fingerprint density at radius 3 is 2.76 bits per heavy atom. The Balaban J connectivity index is 2.35. The van der Waals surface area contributed by atoms with Crippen LogP contribution in [0, 0.1) is 4.77 Å². The van der Waals surface area contributed by atoms with Crippen LogP contribution < -0.4 is 10.9 Å². The number of aromatic nitrogens is 2. The molecule has 8 nitrogen and oxygen atoms in total. The van der Waals surface area contributed by atoms with Gasteiger partial charge in [0.2, 0.25) is 0 Å². The Morgan fingerprint density at radius 2 is 2.19 bits per heavy atom. The zero-order valence-electron chi connectivity index (χ0n) is 11.5. The summed E-state index contributed by atoms with van der Waals surface area (Å²) in [7, 11) is 0. The Bertz CT molecular complexity index is 601. The van der Waals surface area contributed by atoms with Crippen LogP contribution in [0.1, 0.15) is 18.7 Å². The molecule has 0 amide bonds. The van der Waals surface area contributed by atoms with Crippen LogP contribution in [0.25, 0.3) is 0 Å². The van der Waals surface area contributed by atoms with Gasteiger partial charge in [0.25, 0.3) is 5.56 Å². The molecule has 0 aliphatic carbocycles. The van der Waals surface area contributed by atoms with Crippen molar-refractivity contribution in [3.8, 4) is 0 Å². The van der Waals surface area contributed by atoms with Gasteiger partial charge in [0.05, 0.1) is 6.61 Å². The van der Waals surface area contributed by atoms with Crippen LogP contribution in [0.5, 0.6) is 0 Å². The molecule has 2 rings (SSSR count). The van der Waals surface area contributed by atoms with Gasteiger partial charge in [-0.3, -0.25) is 14.3 Å². The first-order valence-corrected chi connectivity index (χ1v) is 7.08. The Morgan fingerprint density at radius 1 is 1.48 bits per heavy atom. The minimum Gasteiger partial charge on any atom is -0.394 e. The van der Waals surface area contributed by atoms with Gasteiger partial charge in [-0.25, -0.2) is 0 Å². The number of nitrogens with one attached hydrogen (secondary N) is 2. The molecule has 9 heteroatoms. The molecule has 0 unspecified atom stereocenters. The van der Waals surface area contributed by atoms with Gasteiger partial charge in [-0.1, -0.05) is 6.92 Å². The number of aliphatic hydroxyl groups is 3. The van der Waals surface area contributed by atoms with E-state index in [4.69, 9.17) is 22.1 Å². The molecule has 0 radical (unpaired) electrons. The van der Waals surface area contributed by atoms with Crippen LogP contribution in [-0.4, -0.2) is 56.3 Å². The fourth-order valence-corrected chi connectivity index (χ4v) is 2.46. The van der Waals surface area contributed by atoms with Gasteiger partial charge in [-0.2, -0.15) is 0 Å². The number of rotatable bonds is 5. The number of aromatic amines is 1. The van der Waals surface area contributed by atoms with Crippen molar-refractivity contribution in [3.63, 3.8) is 0 Å². The van der Waals surface area contributed by atoms with Crippen molar-refractivity contribution in [2.45, 2.75) is 38.0 Å². The molecular weight excluding hydrogens is 298 g/mol. The predicted octanol–water partition coefficient (Wildman–Crippen LogP) is -1.37. The van der Waals surface area contributed by atoms with E-state index < -0.39 is 31.1 Å². The predicted molar refractivity (Wildman–Crippen MR) is 76.3 cm³/mol. The molecule has 4 atom stereocenters. The van der Waals surface area contributed by atoms with E-state index in [0.29, 0.717) is 18.7 Å². The minimum atomic E-state index is -1.24. The van der Waals surface area contributed by atoms with E-state index in [9.17, 15) is 15.0 Å². The first kappa shape index (κ1) is 16.3. The lowest BCUT2D eigenvalue weighted by Gasteiger charge is -2.19. The largest absolute Gasteiger partial charge is 0.394 e. The van der Waals surface area contributed by atoms with Crippen molar-refractivity contribution in [2.75, 3.05) is 13.2 Å². The Kier molecular flexibility index (Phi) is 5.25. The summed E-state index contributed by atoms with van der Waals surface area (Å²) in [6.07, 6.45) is -2.82. The maximum Gasteiger partial charge on any atom is 0.256 e. The van der Waals surface area contributed by atoms with Crippen molar-refractivity contribution in [1.29, 1.82) is 0 Å². The smallest absolute Gasteiger partial charge is 0.256 e. The summed E-state index contributed by atoms with van der Waals surface area (Å²) in [4.78, 5) is 14.3. The second kappa shape index (κ2) is 6.77. The van der Waals surface area contributed by atoms with Crippen LogP contribution in [0.15, 0.2) is 11.0 Å². The number of nitrogens with zero attached hydrogens (tertiary/aromatic N) is 1. The summed E-state index contributed by atoms with van der Waals surface area (Å²) < 4.78 is 6.87. The maximum atomic E-state index is 11.8. The van der Waals surface area contributed by atoms with Crippen LogP contribution >= 0.6 is 12.2 Å². The van der Waals surface area contributed by atoms with Gasteiger partial charge in [-0.15, -0.1) is 0 Å². The molecule has 1 aromatic heterocycles. The lowest BCUT2D eigenvalue weighted by atomic mass is 10.1. The van der Waals surface area contributed by atoms with Gasteiger partial charge >= 0.3 is 0 Å². The molecule has 1 aromatic rings. The summed E-state index contributed by atoms with van der Waals surface area (Å²) >= 11 is 5.07. The van der Waals surface area contributed by atoms with E-state index in [1.807, 2.05) is 6.92 Å². The summed E-state index contributed by atoms with van der Waals surface area (Å²) in [5, 5.41) is 31.9. The highest BCUT2D eigenvalue weighted by Gasteiger charge is 2.43. The third-order valence-electron chi connectivity index (χ3n) is 3.40. The van der Waals surface area contributed by atoms with E-state index in [1.54, 1.807) is 0 Å². The fraction of sp³-hybridized carbons (Fsp3) is 0.667. The van der Waals surface area contributed by atoms with E-state index in [2.05, 4.69) is 10.3 Å². The summed E-state index contributed by atoms with van der Waals surface area (Å²) in [5.74, 6) is 0. The highest BCUT2D eigenvalue weighted by molar-refractivity contribution is 7.71. The zero-order chi connectivity index (χ0) is 15.6. The quantitative estimate of drug-likeness (QED) is 0.425. The second-order valence-electron chi connectivity index (χ2n) is 4.83. The standard InChI is InChI=1S/C12H19N3O5S/c1-2-13-3-6-4-15(12(21)14-10(6)19)11-9(18)8(17)7(5-16)20-11/h4,7-9,11,13,16-18H,2-3,5H2,1H3,(H,14,19,21)/t7-,8-,9-,11-/m1/s1. The summed E-state index contributed by atoms with van der Waals surface area (Å²) in [6.45, 7) is 2.53. The average molecular weight is 317 g/mol. The third-order valence-corrected chi connectivity index (χ3v) is 3.71. The molecule has 21 heavy (non-hydrogen) atoms. The number of aliphatic hydroxyl groups excluding tert-OH is 3. The maximum absolute atomic E-state index is 11.8. The molecule has 0 aromatic carbocycles. The highest BCUT2D eigenvalue weighted by Crippen LogP contribution is 2.29. The van der Waals surface area contributed by atoms with Gasteiger partial charge in [0.15, 0.2) is 11.0 Å². The van der Waals surface area contributed by atoms with Crippen molar-refractivity contribution < 1.29 is 20.1 Å². The number of H-pyrrole nitrogens is 1. The van der Waals surface area contributed by atoms with Crippen molar-refractivity contribution in [2.24, 2.45) is 0 Å². The molecule has 118 valence electrons. The van der Waals surface area contributed by atoms with Crippen molar-refractivity contribution >= 4 is 12.2 Å². The average Bonchev–Trinajstić information content (AvgIpc) is 2.74. The number of hydrogen-bond acceptors (Lipinski definition) is 7. The molecule has 1 fully saturated rings. The first-order chi connectivity index (χ1) is 9.99. The SMILES string of the molecule is CCNCc1cn([C@@H]2O[C@H](CO)[C@@H](O)[C@H]2O)c(=S)[nH]c1=O. The van der Waals surface area contributed by atoms with E-state index in [0.717, 1.165) is 0 Å². The Labute approximate surface area is 126 Å². The second-order valence-corrected chi connectivity index (χ2v) is 5.22. The molecular formula is C12H19N3O5S. The molecule has 0 bridgehead atoms. The normalized spacial score (nSPS) is 29.0. The molecule has 1 aliphatic rings. The lowest BCUT2D eigenvalue weighted by molar-refractivity contribution is -0.0542. The number of hydrogen-bond donors (Lipinski definition) is 5. The molecule has 5 N–H and O–H groups in total. The van der Waals surface area contributed by atoms with E-state index in [1.165, 1.54) is 10.8 Å². The number of ether oxygens (including phenoxy) is 1. The third kappa shape index (κ3) is 3.23. The van der Waals surface area contributed by atoms with Crippen molar-refractivity contribution in [1.82, 2.24) is 14.9 Å². The van der Waals surface area contributed by atoms with Crippen LogP contribution in [-0.2, 0) is 11.3 Å². The molecule has 0 spiro atoms. The molecule has 1 aliphatic heterocycles. The van der Waals surface area contributed by atoms with Gasteiger partial charge in [0, 0.05) is 18.3 Å². The van der Waals surface area contributed by atoms with Gasteiger partial charge < -0.3 is 25.4 Å². The fourth-order valence-electron chi connectivity index (χ4n) is 2.21. The summed E-state index contributed by atoms with van der Waals surface area (Å²) in [5.41, 5.74) is 0.118. The van der Waals surface area contributed by atoms with Crippen LogP contribution in [0.2, 0.25) is 0 Å². The van der Waals surface area contributed by atoms with Crippen LogP contribution in [0.4, 0.5) is 0 Å². The first-order valence-electron chi connectivity index (χ1n) is 6.67. The van der Waals surface area contributed by atoms with Gasteiger partial charge in [0.1, 0.15) is 18.3 Å². The lowest BCUT2D eigenvalue weighted by Crippen LogP contribution is -2.33. The Hall–Kier alpha value is -1.10. The zero-order valence-corrected chi connectivity index (χ0v) is 12.3. The molecule has 1 saturated heterocycles. The minimum absolute atomic E-state index is 0.0788. The van der Waals surface area contributed by atoms with E-state index >= 15 is 0 Å². The van der Waals surface area contributed by atoms with Crippen LogP contribution in [0.3, 0.4) is 0 Å².